The lowest BCUT2D eigenvalue weighted by atomic mass is 10.2. The number of ether oxygens (including phenoxy) is 1. The molecule has 0 radical (unpaired) electrons. The van der Waals surface area contributed by atoms with Crippen LogP contribution in [0.4, 0.5) is 11.4 Å². The maximum absolute atomic E-state index is 12.7. The van der Waals surface area contributed by atoms with Crippen molar-refractivity contribution < 1.29 is 14.5 Å². The van der Waals surface area contributed by atoms with Crippen molar-refractivity contribution in [1.29, 1.82) is 0 Å². The van der Waals surface area contributed by atoms with Crippen molar-refractivity contribution in [2.24, 2.45) is 0 Å². The van der Waals surface area contributed by atoms with Gasteiger partial charge in [0.25, 0.3) is 11.6 Å². The second-order valence-electron chi connectivity index (χ2n) is 6.36. The number of hydrogen-bond acceptors (Lipinski definition) is 7. The molecule has 1 aliphatic rings. The number of benzene rings is 3. The number of hydrogen-bond donors (Lipinski definition) is 2. The Morgan fingerprint density at radius 2 is 1.68 bits per heavy atom. The maximum Gasteiger partial charge on any atom is 0.296 e. The minimum absolute atomic E-state index is 0.0386. The summed E-state index contributed by atoms with van der Waals surface area (Å²) in [5.74, 6) is -0.0564. The van der Waals surface area contributed by atoms with Crippen LogP contribution in [-0.2, 0) is 0 Å². The van der Waals surface area contributed by atoms with Gasteiger partial charge < -0.3 is 10.1 Å². The topological polar surface area (TPSA) is 93.5 Å². The fourth-order valence-corrected chi connectivity index (χ4v) is 5.35. The normalized spacial score (nSPS) is 11.6. The molecule has 0 aromatic heterocycles. The Hall–Kier alpha value is -3.08. The molecular weight excluding hydrogens is 454 g/mol. The van der Waals surface area contributed by atoms with Crippen LogP contribution in [0.3, 0.4) is 0 Å². The number of nitro groups is 1. The van der Waals surface area contributed by atoms with Crippen molar-refractivity contribution in [3.63, 3.8) is 0 Å². The van der Waals surface area contributed by atoms with Gasteiger partial charge in [0.2, 0.25) is 0 Å². The van der Waals surface area contributed by atoms with E-state index in [9.17, 15) is 14.9 Å². The van der Waals surface area contributed by atoms with E-state index in [4.69, 9.17) is 17.0 Å². The number of carbonyl (C=O) groups excluding carboxylic acids is 1. The zero-order chi connectivity index (χ0) is 22.0. The molecule has 4 rings (SSSR count). The van der Waals surface area contributed by atoms with Gasteiger partial charge in [0.1, 0.15) is 11.4 Å². The smallest absolute Gasteiger partial charge is 0.296 e. The molecule has 7 nitrogen and oxygen atoms in total. The van der Waals surface area contributed by atoms with Crippen LogP contribution in [0.1, 0.15) is 10.4 Å². The van der Waals surface area contributed by atoms with E-state index >= 15 is 0 Å². The van der Waals surface area contributed by atoms with Crippen molar-refractivity contribution in [2.45, 2.75) is 19.6 Å². The summed E-state index contributed by atoms with van der Waals surface area (Å²) in [7, 11) is 1.42. The molecule has 0 spiro atoms. The SMILES string of the molecule is COc1ccc(NC(=S)NC(=O)c2ccc3c(c2)Sc2ccccc2S3)c([N+](=O)[O-])c1. The zero-order valence-corrected chi connectivity index (χ0v) is 18.5. The molecule has 0 saturated heterocycles. The van der Waals surface area contributed by atoms with Crippen molar-refractivity contribution in [3.05, 3.63) is 76.3 Å². The zero-order valence-electron chi connectivity index (χ0n) is 16.1. The summed E-state index contributed by atoms with van der Waals surface area (Å²) in [5, 5.41) is 16.6. The molecule has 2 N–H and O–H groups in total. The number of rotatable bonds is 4. The highest BCUT2D eigenvalue weighted by molar-refractivity contribution is 8.05. The first-order valence-electron chi connectivity index (χ1n) is 8.98. The maximum atomic E-state index is 12.7. The van der Waals surface area contributed by atoms with E-state index in [0.29, 0.717) is 11.3 Å². The van der Waals surface area contributed by atoms with E-state index in [1.54, 1.807) is 35.7 Å². The Kier molecular flexibility index (Phi) is 6.12. The number of carbonyl (C=O) groups is 1. The molecule has 0 atom stereocenters. The third-order valence-corrected chi connectivity index (χ3v) is 7.12. The molecule has 0 saturated carbocycles. The van der Waals surface area contributed by atoms with E-state index in [2.05, 4.69) is 16.7 Å². The molecule has 1 amide bonds. The number of anilines is 1. The number of fused-ring (bicyclic) bond motifs is 2. The molecule has 0 fully saturated rings. The molecule has 0 unspecified atom stereocenters. The Morgan fingerprint density at radius 1 is 1.00 bits per heavy atom. The van der Waals surface area contributed by atoms with Gasteiger partial charge >= 0.3 is 0 Å². The monoisotopic (exact) mass is 469 g/mol. The molecule has 3 aromatic carbocycles. The van der Waals surface area contributed by atoms with Gasteiger partial charge in [-0.3, -0.25) is 20.2 Å². The largest absolute Gasteiger partial charge is 0.496 e. The summed E-state index contributed by atoms with van der Waals surface area (Å²) >= 11 is 8.46. The van der Waals surface area contributed by atoms with E-state index in [1.165, 1.54) is 24.1 Å². The van der Waals surface area contributed by atoms with Crippen LogP contribution in [0.2, 0.25) is 0 Å². The molecule has 10 heteroatoms. The number of amides is 1. The van der Waals surface area contributed by atoms with Gasteiger partial charge in [-0.25, -0.2) is 0 Å². The summed E-state index contributed by atoms with van der Waals surface area (Å²) < 4.78 is 5.02. The van der Waals surface area contributed by atoms with E-state index in [-0.39, 0.29) is 16.5 Å². The van der Waals surface area contributed by atoms with E-state index in [1.807, 2.05) is 30.3 Å². The second kappa shape index (κ2) is 8.96. The fraction of sp³-hybridized carbons (Fsp3) is 0.0476. The van der Waals surface area contributed by atoms with Crippen LogP contribution in [0.25, 0.3) is 0 Å². The highest BCUT2D eigenvalue weighted by Gasteiger charge is 2.20. The highest BCUT2D eigenvalue weighted by atomic mass is 32.2. The number of methoxy groups -OCH3 is 1. The van der Waals surface area contributed by atoms with Gasteiger partial charge in [0, 0.05) is 25.1 Å². The Balaban J connectivity index is 1.47. The first kappa shape index (κ1) is 21.2. The number of nitrogens with zero attached hydrogens (tertiary/aromatic N) is 1. The van der Waals surface area contributed by atoms with Crippen molar-refractivity contribution in [1.82, 2.24) is 5.32 Å². The molecule has 1 aliphatic heterocycles. The third kappa shape index (κ3) is 4.66. The van der Waals surface area contributed by atoms with Gasteiger partial charge in [-0.1, -0.05) is 35.7 Å². The lowest BCUT2D eigenvalue weighted by Gasteiger charge is -2.18. The Labute approximate surface area is 191 Å². The predicted molar refractivity (Wildman–Crippen MR) is 124 cm³/mol. The van der Waals surface area contributed by atoms with E-state index < -0.39 is 10.8 Å². The second-order valence-corrected chi connectivity index (χ2v) is 8.94. The van der Waals surface area contributed by atoms with Crippen LogP contribution in [0.5, 0.6) is 5.75 Å². The van der Waals surface area contributed by atoms with Crippen molar-refractivity contribution in [3.8, 4) is 5.75 Å². The first-order valence-corrected chi connectivity index (χ1v) is 11.0. The minimum atomic E-state index is -0.550. The Morgan fingerprint density at radius 3 is 2.35 bits per heavy atom. The highest BCUT2D eigenvalue weighted by Crippen LogP contribution is 2.48. The standard InChI is InChI=1S/C21H15N3O4S3/c1-28-13-7-8-14(15(11-13)24(26)27)22-21(29)23-20(25)12-6-9-18-19(10-12)31-17-5-3-2-4-16(17)30-18/h2-11H,1H3,(H2,22,23,25,29). The van der Waals surface area contributed by atoms with Gasteiger partial charge in [-0.05, 0) is 54.7 Å². The van der Waals surface area contributed by atoms with Gasteiger partial charge in [-0.15, -0.1) is 0 Å². The van der Waals surface area contributed by atoms with Crippen LogP contribution in [0, 0.1) is 10.1 Å². The summed E-state index contributed by atoms with van der Waals surface area (Å²) in [4.78, 5) is 27.8. The quantitative estimate of drug-likeness (QED) is 0.235. The van der Waals surface area contributed by atoms with Crippen molar-refractivity contribution in [2.75, 3.05) is 12.4 Å². The summed E-state index contributed by atoms with van der Waals surface area (Å²) in [5.41, 5.74) is 0.390. The number of nitro benzene ring substituents is 1. The van der Waals surface area contributed by atoms with Crippen LogP contribution >= 0.6 is 35.7 Å². The molecule has 0 aliphatic carbocycles. The van der Waals surface area contributed by atoms with Crippen LogP contribution in [-0.4, -0.2) is 23.1 Å². The lowest BCUT2D eigenvalue weighted by Crippen LogP contribution is -2.34. The molecule has 31 heavy (non-hydrogen) atoms. The first-order chi connectivity index (χ1) is 14.9. The summed E-state index contributed by atoms with van der Waals surface area (Å²) in [6.07, 6.45) is 0. The lowest BCUT2D eigenvalue weighted by molar-refractivity contribution is -0.384. The Bertz CT molecular complexity index is 1220. The average Bonchev–Trinajstić information content (AvgIpc) is 2.77. The van der Waals surface area contributed by atoms with Crippen LogP contribution < -0.4 is 15.4 Å². The third-order valence-electron chi connectivity index (χ3n) is 4.37. The average molecular weight is 470 g/mol. The molecular formula is C21H15N3O4S3. The molecule has 3 aromatic rings. The van der Waals surface area contributed by atoms with Gasteiger partial charge in [0.05, 0.1) is 18.1 Å². The van der Waals surface area contributed by atoms with Crippen molar-refractivity contribution >= 4 is 58.1 Å². The summed E-state index contributed by atoms with van der Waals surface area (Å²) in [6.45, 7) is 0. The number of nitrogens with one attached hydrogen (secondary N) is 2. The molecule has 156 valence electrons. The van der Waals surface area contributed by atoms with Crippen LogP contribution in [0.15, 0.2) is 80.2 Å². The van der Waals surface area contributed by atoms with Gasteiger partial charge in [-0.2, -0.15) is 0 Å². The fourth-order valence-electron chi connectivity index (χ4n) is 2.89. The number of thiocarbonyl (C=S) groups is 1. The minimum Gasteiger partial charge on any atom is -0.496 e. The summed E-state index contributed by atoms with van der Waals surface area (Å²) in [6, 6.07) is 17.9. The van der Waals surface area contributed by atoms with E-state index in [0.717, 1.165) is 14.7 Å². The molecule has 0 bridgehead atoms. The molecule has 1 heterocycles. The predicted octanol–water partition coefficient (Wildman–Crippen LogP) is 5.35. The van der Waals surface area contributed by atoms with Gasteiger partial charge in [0.15, 0.2) is 5.11 Å².